The molecule has 0 saturated carbocycles. The predicted octanol–water partition coefficient (Wildman–Crippen LogP) is 2.53. The lowest BCUT2D eigenvalue weighted by Gasteiger charge is -2.13. The molecular weight excluding hydrogens is 122 g/mol. The van der Waals surface area contributed by atoms with Crippen molar-refractivity contribution in [1.82, 2.24) is 0 Å². The van der Waals surface area contributed by atoms with Gasteiger partial charge in [-0.3, -0.25) is 0 Å². The van der Waals surface area contributed by atoms with Crippen LogP contribution in [0.3, 0.4) is 0 Å². The van der Waals surface area contributed by atoms with E-state index >= 15 is 0 Å². The number of nitrogens with two attached hydrogens (primary N) is 1. The standard InChI is InChI=1S/C9H19N/c1-6(2)8(5)9(10)7(3)4/h6-7H,10H2,1-5H3/b9-8+. The summed E-state index contributed by atoms with van der Waals surface area (Å²) < 4.78 is 0. The smallest absolute Gasteiger partial charge is 0.00981 e. The zero-order valence-electron chi connectivity index (χ0n) is 7.73. The van der Waals surface area contributed by atoms with E-state index in [0.29, 0.717) is 11.8 Å². The zero-order chi connectivity index (χ0) is 8.31. The largest absolute Gasteiger partial charge is 0.402 e. The van der Waals surface area contributed by atoms with Crippen molar-refractivity contribution in [2.45, 2.75) is 34.6 Å². The van der Waals surface area contributed by atoms with Gasteiger partial charge in [-0.05, 0) is 18.8 Å². The van der Waals surface area contributed by atoms with E-state index in [1.54, 1.807) is 0 Å². The van der Waals surface area contributed by atoms with Crippen LogP contribution >= 0.6 is 0 Å². The monoisotopic (exact) mass is 141 g/mol. The van der Waals surface area contributed by atoms with Crippen molar-refractivity contribution < 1.29 is 0 Å². The van der Waals surface area contributed by atoms with Crippen LogP contribution in [0.1, 0.15) is 34.6 Å². The van der Waals surface area contributed by atoms with Crippen LogP contribution in [0.15, 0.2) is 11.3 Å². The SMILES string of the molecule is C/C(=C(\N)C(C)C)C(C)C. The van der Waals surface area contributed by atoms with Gasteiger partial charge in [-0.1, -0.05) is 33.3 Å². The Morgan fingerprint density at radius 2 is 1.40 bits per heavy atom. The second kappa shape index (κ2) is 3.65. The van der Waals surface area contributed by atoms with Gasteiger partial charge in [0.15, 0.2) is 0 Å². The van der Waals surface area contributed by atoms with E-state index in [2.05, 4.69) is 34.6 Å². The molecule has 0 radical (unpaired) electrons. The van der Waals surface area contributed by atoms with E-state index in [1.165, 1.54) is 5.57 Å². The molecule has 0 aliphatic heterocycles. The van der Waals surface area contributed by atoms with E-state index in [0.717, 1.165) is 5.70 Å². The Balaban J connectivity index is 4.34. The zero-order valence-corrected chi connectivity index (χ0v) is 7.73. The van der Waals surface area contributed by atoms with E-state index in [4.69, 9.17) is 5.73 Å². The molecule has 0 fully saturated rings. The van der Waals surface area contributed by atoms with Gasteiger partial charge in [0, 0.05) is 5.70 Å². The third-order valence-corrected chi connectivity index (χ3v) is 1.94. The van der Waals surface area contributed by atoms with Crippen LogP contribution in [-0.2, 0) is 0 Å². The quantitative estimate of drug-likeness (QED) is 0.628. The van der Waals surface area contributed by atoms with E-state index < -0.39 is 0 Å². The topological polar surface area (TPSA) is 26.0 Å². The first kappa shape index (κ1) is 9.54. The van der Waals surface area contributed by atoms with Crippen LogP contribution in [-0.4, -0.2) is 0 Å². The third kappa shape index (κ3) is 2.42. The molecule has 10 heavy (non-hydrogen) atoms. The predicted molar refractivity (Wildman–Crippen MR) is 46.6 cm³/mol. The molecule has 1 heteroatoms. The lowest BCUT2D eigenvalue weighted by atomic mass is 9.98. The lowest BCUT2D eigenvalue weighted by molar-refractivity contribution is 0.683. The summed E-state index contributed by atoms with van der Waals surface area (Å²) in [6.07, 6.45) is 0. The van der Waals surface area contributed by atoms with Crippen LogP contribution < -0.4 is 5.73 Å². The normalized spacial score (nSPS) is 14.3. The van der Waals surface area contributed by atoms with Crippen molar-refractivity contribution >= 4 is 0 Å². The van der Waals surface area contributed by atoms with Crippen molar-refractivity contribution in [2.24, 2.45) is 17.6 Å². The van der Waals surface area contributed by atoms with Crippen LogP contribution in [0.2, 0.25) is 0 Å². The highest BCUT2D eigenvalue weighted by atomic mass is 14.6. The summed E-state index contributed by atoms with van der Waals surface area (Å²) in [5.74, 6) is 1.07. The van der Waals surface area contributed by atoms with Crippen LogP contribution in [0.5, 0.6) is 0 Å². The number of hydrogen-bond acceptors (Lipinski definition) is 1. The second-order valence-electron chi connectivity index (χ2n) is 3.45. The number of allylic oxidation sites excluding steroid dienone is 2. The van der Waals surface area contributed by atoms with Crippen LogP contribution in [0.25, 0.3) is 0 Å². The molecule has 0 aliphatic carbocycles. The molecule has 0 aromatic heterocycles. The van der Waals surface area contributed by atoms with Crippen molar-refractivity contribution in [3.8, 4) is 0 Å². The van der Waals surface area contributed by atoms with E-state index in [1.807, 2.05) is 0 Å². The Hall–Kier alpha value is -0.460. The summed E-state index contributed by atoms with van der Waals surface area (Å²) >= 11 is 0. The van der Waals surface area contributed by atoms with Gasteiger partial charge >= 0.3 is 0 Å². The minimum Gasteiger partial charge on any atom is -0.402 e. The first-order valence-electron chi connectivity index (χ1n) is 3.93. The van der Waals surface area contributed by atoms with E-state index in [9.17, 15) is 0 Å². The van der Waals surface area contributed by atoms with Gasteiger partial charge in [-0.25, -0.2) is 0 Å². The molecule has 2 N–H and O–H groups in total. The Labute approximate surface area is 64.3 Å². The second-order valence-corrected chi connectivity index (χ2v) is 3.45. The average molecular weight is 141 g/mol. The van der Waals surface area contributed by atoms with Crippen LogP contribution in [0, 0.1) is 11.8 Å². The fourth-order valence-corrected chi connectivity index (χ4v) is 0.789. The Kier molecular flexibility index (Phi) is 3.48. The maximum Gasteiger partial charge on any atom is 0.00981 e. The first-order valence-corrected chi connectivity index (χ1v) is 3.93. The van der Waals surface area contributed by atoms with Gasteiger partial charge in [-0.2, -0.15) is 0 Å². The van der Waals surface area contributed by atoms with Crippen molar-refractivity contribution in [3.63, 3.8) is 0 Å². The highest BCUT2D eigenvalue weighted by molar-refractivity contribution is 5.11. The Bertz CT molecular complexity index is 116. The average Bonchev–Trinajstić information content (AvgIpc) is 1.84. The molecule has 0 spiro atoms. The third-order valence-electron chi connectivity index (χ3n) is 1.94. The molecule has 0 atom stereocenters. The van der Waals surface area contributed by atoms with Gasteiger partial charge in [0.2, 0.25) is 0 Å². The Morgan fingerprint density at radius 1 is 1.00 bits per heavy atom. The molecule has 0 bridgehead atoms. The molecule has 0 aliphatic rings. The fourth-order valence-electron chi connectivity index (χ4n) is 0.789. The summed E-state index contributed by atoms with van der Waals surface area (Å²) in [6, 6.07) is 0. The van der Waals surface area contributed by atoms with Gasteiger partial charge in [0.05, 0.1) is 0 Å². The molecule has 1 nitrogen and oxygen atoms in total. The van der Waals surface area contributed by atoms with Crippen molar-refractivity contribution in [1.29, 1.82) is 0 Å². The van der Waals surface area contributed by atoms with Crippen LogP contribution in [0.4, 0.5) is 0 Å². The minimum atomic E-state index is 0.488. The maximum absolute atomic E-state index is 5.84. The van der Waals surface area contributed by atoms with Gasteiger partial charge in [-0.15, -0.1) is 0 Å². The lowest BCUT2D eigenvalue weighted by Crippen LogP contribution is -2.10. The Morgan fingerprint density at radius 3 is 1.50 bits per heavy atom. The highest BCUT2D eigenvalue weighted by Gasteiger charge is 2.04. The molecule has 0 heterocycles. The first-order chi connectivity index (χ1) is 4.46. The van der Waals surface area contributed by atoms with E-state index in [-0.39, 0.29) is 0 Å². The van der Waals surface area contributed by atoms with Crippen molar-refractivity contribution in [2.75, 3.05) is 0 Å². The van der Waals surface area contributed by atoms with Gasteiger partial charge in [0.1, 0.15) is 0 Å². The summed E-state index contributed by atoms with van der Waals surface area (Å²) in [7, 11) is 0. The number of rotatable bonds is 2. The molecule has 0 unspecified atom stereocenters. The molecule has 0 saturated heterocycles. The molecule has 0 rings (SSSR count). The maximum atomic E-state index is 5.84. The van der Waals surface area contributed by atoms with Crippen molar-refractivity contribution in [3.05, 3.63) is 11.3 Å². The molecule has 0 aromatic carbocycles. The summed E-state index contributed by atoms with van der Waals surface area (Å²) in [5.41, 5.74) is 8.22. The summed E-state index contributed by atoms with van der Waals surface area (Å²) in [6.45, 7) is 10.7. The molecule has 0 amide bonds. The minimum absolute atomic E-state index is 0.488. The molecular formula is C9H19N. The highest BCUT2D eigenvalue weighted by Crippen LogP contribution is 2.15. The summed E-state index contributed by atoms with van der Waals surface area (Å²) in [5, 5.41) is 0. The summed E-state index contributed by atoms with van der Waals surface area (Å²) in [4.78, 5) is 0. The fraction of sp³-hybridized carbons (Fsp3) is 0.778. The molecule has 60 valence electrons. The van der Waals surface area contributed by atoms with Gasteiger partial charge in [0.25, 0.3) is 0 Å². The van der Waals surface area contributed by atoms with Gasteiger partial charge < -0.3 is 5.73 Å². The molecule has 0 aromatic rings. The number of hydrogen-bond donors (Lipinski definition) is 1.